The van der Waals surface area contributed by atoms with Gasteiger partial charge in [-0.15, -0.1) is 0 Å². The number of nitrogens with one attached hydrogen (secondary N) is 1. The standard InChI is InChI=1S/C11H7N3O/c15-11-10-9(12-6-13-11)5-7-3-1-2-4-8(7)14-10/h1-6H,(H,12,13,15). The van der Waals surface area contributed by atoms with E-state index >= 15 is 0 Å². The van der Waals surface area contributed by atoms with Crippen molar-refractivity contribution in [2.24, 2.45) is 0 Å². The van der Waals surface area contributed by atoms with E-state index in [2.05, 4.69) is 15.0 Å². The first-order valence-corrected chi connectivity index (χ1v) is 4.58. The third-order valence-electron chi connectivity index (χ3n) is 2.33. The Morgan fingerprint density at radius 3 is 3.00 bits per heavy atom. The first-order valence-electron chi connectivity index (χ1n) is 4.58. The van der Waals surface area contributed by atoms with Gasteiger partial charge in [-0.2, -0.15) is 4.98 Å². The molecule has 0 aliphatic rings. The van der Waals surface area contributed by atoms with Crippen LogP contribution in [-0.4, -0.2) is 15.0 Å². The summed E-state index contributed by atoms with van der Waals surface area (Å²) in [6.45, 7) is 0. The summed E-state index contributed by atoms with van der Waals surface area (Å²) in [4.78, 5) is 22.3. The van der Waals surface area contributed by atoms with E-state index in [0.29, 0.717) is 11.0 Å². The Balaban J connectivity index is 2.59. The quantitative estimate of drug-likeness (QED) is 0.555. The number of nitrogens with zero attached hydrogens (tertiary/aromatic N) is 2. The molecule has 0 fully saturated rings. The van der Waals surface area contributed by atoms with Crippen LogP contribution in [0.1, 0.15) is 0 Å². The summed E-state index contributed by atoms with van der Waals surface area (Å²) < 4.78 is 0. The van der Waals surface area contributed by atoms with Crippen LogP contribution in [0.4, 0.5) is 0 Å². The zero-order chi connectivity index (χ0) is 10.3. The second-order valence-corrected chi connectivity index (χ2v) is 3.28. The molecule has 1 N–H and O–H groups in total. The molecule has 3 rings (SSSR count). The molecule has 0 saturated heterocycles. The predicted molar refractivity (Wildman–Crippen MR) is 57.7 cm³/mol. The molecule has 2 aromatic heterocycles. The zero-order valence-electron chi connectivity index (χ0n) is 7.77. The maximum absolute atomic E-state index is 11.4. The third-order valence-corrected chi connectivity index (χ3v) is 2.33. The predicted octanol–water partition coefficient (Wildman–Crippen LogP) is 1.47. The number of aromatic amines is 1. The van der Waals surface area contributed by atoms with Crippen molar-refractivity contribution in [3.63, 3.8) is 0 Å². The number of pyridine rings is 1. The van der Waals surface area contributed by atoms with E-state index in [1.54, 1.807) is 0 Å². The summed E-state index contributed by atoms with van der Waals surface area (Å²) in [6.07, 6.45) is 1.39. The molecule has 0 aliphatic carbocycles. The first kappa shape index (κ1) is 8.11. The van der Waals surface area contributed by atoms with E-state index in [0.717, 1.165) is 10.9 Å². The molecule has 0 radical (unpaired) electrons. The molecule has 15 heavy (non-hydrogen) atoms. The van der Waals surface area contributed by atoms with E-state index in [9.17, 15) is 4.79 Å². The summed E-state index contributed by atoms with van der Waals surface area (Å²) in [7, 11) is 0. The Morgan fingerprint density at radius 1 is 1.20 bits per heavy atom. The van der Waals surface area contributed by atoms with Crippen LogP contribution >= 0.6 is 0 Å². The summed E-state index contributed by atoms with van der Waals surface area (Å²) in [5.74, 6) is 0. The van der Waals surface area contributed by atoms with Gasteiger partial charge in [0.25, 0.3) is 5.56 Å². The normalized spacial score (nSPS) is 10.9. The van der Waals surface area contributed by atoms with E-state index < -0.39 is 0 Å². The molecule has 4 nitrogen and oxygen atoms in total. The Hall–Kier alpha value is -2.23. The molecule has 0 amide bonds. The first-order chi connectivity index (χ1) is 7.34. The number of aromatic nitrogens is 3. The van der Waals surface area contributed by atoms with E-state index in [1.807, 2.05) is 30.3 Å². The van der Waals surface area contributed by atoms with Crippen molar-refractivity contribution in [2.45, 2.75) is 0 Å². The van der Waals surface area contributed by atoms with Crippen molar-refractivity contribution in [3.05, 3.63) is 47.0 Å². The molecular weight excluding hydrogens is 190 g/mol. The molecule has 0 atom stereocenters. The Kier molecular flexibility index (Phi) is 1.56. The molecule has 3 aromatic rings. The van der Waals surface area contributed by atoms with Gasteiger partial charge in [-0.25, -0.2) is 4.98 Å². The lowest BCUT2D eigenvalue weighted by Gasteiger charge is -1.99. The second kappa shape index (κ2) is 2.88. The van der Waals surface area contributed by atoms with E-state index in [-0.39, 0.29) is 5.56 Å². The van der Waals surface area contributed by atoms with Gasteiger partial charge in [0.2, 0.25) is 0 Å². The summed E-state index contributed by atoms with van der Waals surface area (Å²) in [5.41, 5.74) is 1.61. The average Bonchev–Trinajstić information content (AvgIpc) is 2.27. The van der Waals surface area contributed by atoms with Crippen molar-refractivity contribution in [2.75, 3.05) is 0 Å². The van der Waals surface area contributed by atoms with Gasteiger partial charge in [-0.05, 0) is 12.1 Å². The molecular formula is C11H7N3O. The van der Waals surface area contributed by atoms with Crippen molar-refractivity contribution < 1.29 is 0 Å². The summed E-state index contributed by atoms with van der Waals surface area (Å²) in [5, 5.41) is 1.01. The topological polar surface area (TPSA) is 58.6 Å². The van der Waals surface area contributed by atoms with Crippen LogP contribution in [0.2, 0.25) is 0 Å². The minimum atomic E-state index is -0.297. The Labute approximate surface area is 84.6 Å². The highest BCUT2D eigenvalue weighted by molar-refractivity contribution is 5.89. The summed E-state index contributed by atoms with van der Waals surface area (Å²) >= 11 is 0. The molecule has 0 saturated carbocycles. The van der Waals surface area contributed by atoms with Crippen molar-refractivity contribution >= 4 is 21.9 Å². The summed E-state index contributed by atoms with van der Waals surface area (Å²) in [6, 6.07) is 9.57. The highest BCUT2D eigenvalue weighted by Gasteiger charge is 2.02. The zero-order valence-corrected chi connectivity index (χ0v) is 7.77. The number of para-hydroxylation sites is 1. The lowest BCUT2D eigenvalue weighted by Crippen LogP contribution is -2.07. The fraction of sp³-hybridized carbons (Fsp3) is 0. The van der Waals surface area contributed by atoms with Gasteiger partial charge < -0.3 is 4.98 Å². The van der Waals surface area contributed by atoms with Crippen LogP contribution in [0.3, 0.4) is 0 Å². The van der Waals surface area contributed by atoms with E-state index in [1.165, 1.54) is 6.33 Å². The third kappa shape index (κ3) is 1.19. The molecule has 0 unspecified atom stereocenters. The van der Waals surface area contributed by atoms with Crippen molar-refractivity contribution in [1.29, 1.82) is 0 Å². The lowest BCUT2D eigenvalue weighted by molar-refractivity contribution is 1.16. The Morgan fingerprint density at radius 2 is 2.07 bits per heavy atom. The number of hydrogen-bond donors (Lipinski definition) is 1. The average molecular weight is 197 g/mol. The van der Waals surface area contributed by atoms with Gasteiger partial charge in [0.05, 0.1) is 17.4 Å². The maximum Gasteiger partial charge on any atom is 0.299 e. The monoisotopic (exact) mass is 197 g/mol. The van der Waals surface area contributed by atoms with Crippen LogP contribution in [0, 0.1) is 0 Å². The minimum Gasteiger partial charge on any atom is -0.344 e. The number of fused-ring (bicyclic) bond motifs is 2. The van der Waals surface area contributed by atoms with Crippen molar-refractivity contribution in [1.82, 2.24) is 15.0 Å². The van der Waals surface area contributed by atoms with Crippen LogP contribution in [0.15, 0.2) is 41.5 Å². The van der Waals surface area contributed by atoms with Gasteiger partial charge in [-0.1, -0.05) is 18.2 Å². The largest absolute Gasteiger partial charge is 0.344 e. The van der Waals surface area contributed by atoms with Gasteiger partial charge >= 0.3 is 0 Å². The van der Waals surface area contributed by atoms with Gasteiger partial charge in [-0.3, -0.25) is 4.79 Å². The number of H-pyrrole nitrogens is 1. The minimum absolute atomic E-state index is 0.297. The van der Waals surface area contributed by atoms with Crippen LogP contribution in [-0.2, 0) is 0 Å². The Bertz CT molecular complexity index is 703. The molecule has 4 heteroatoms. The van der Waals surface area contributed by atoms with Crippen LogP contribution in [0.5, 0.6) is 0 Å². The van der Waals surface area contributed by atoms with E-state index in [4.69, 9.17) is 0 Å². The van der Waals surface area contributed by atoms with Gasteiger partial charge in [0, 0.05) is 5.39 Å². The van der Waals surface area contributed by atoms with Crippen LogP contribution in [0.25, 0.3) is 21.9 Å². The fourth-order valence-corrected chi connectivity index (χ4v) is 1.61. The SMILES string of the molecule is O=c1nc[nH]c2cc3ccccc3nc12. The van der Waals surface area contributed by atoms with Gasteiger partial charge in [0.1, 0.15) is 0 Å². The maximum atomic E-state index is 11.4. The smallest absolute Gasteiger partial charge is 0.299 e. The van der Waals surface area contributed by atoms with Crippen molar-refractivity contribution in [3.8, 4) is 0 Å². The lowest BCUT2D eigenvalue weighted by atomic mass is 10.2. The highest BCUT2D eigenvalue weighted by Crippen LogP contribution is 2.14. The molecule has 1 aromatic carbocycles. The fourth-order valence-electron chi connectivity index (χ4n) is 1.61. The number of hydrogen-bond acceptors (Lipinski definition) is 3. The molecule has 2 heterocycles. The highest BCUT2D eigenvalue weighted by atomic mass is 16.1. The van der Waals surface area contributed by atoms with Crippen LogP contribution < -0.4 is 5.56 Å². The number of rotatable bonds is 0. The number of benzene rings is 1. The second-order valence-electron chi connectivity index (χ2n) is 3.28. The van der Waals surface area contributed by atoms with Gasteiger partial charge in [0.15, 0.2) is 5.52 Å². The molecule has 0 bridgehead atoms. The molecule has 72 valence electrons. The molecule has 0 spiro atoms. The molecule has 0 aliphatic heterocycles.